The molecule has 1 heterocycles. The SMILES string of the molecule is COc1ccc(C(=O)N2CCCC(C(=O)O)C2)cc1S(=O)(=O)NC1CC1. The predicted octanol–water partition coefficient (Wildman–Crippen LogP) is 1.07. The van der Waals surface area contributed by atoms with E-state index in [1.807, 2.05) is 0 Å². The van der Waals surface area contributed by atoms with Crippen molar-refractivity contribution in [1.82, 2.24) is 9.62 Å². The van der Waals surface area contributed by atoms with Crippen molar-refractivity contribution in [2.75, 3.05) is 20.2 Å². The van der Waals surface area contributed by atoms with Gasteiger partial charge in [0.15, 0.2) is 0 Å². The lowest BCUT2D eigenvalue weighted by atomic mass is 9.97. The Kier molecular flexibility index (Phi) is 5.19. The maximum atomic E-state index is 12.8. The molecule has 26 heavy (non-hydrogen) atoms. The summed E-state index contributed by atoms with van der Waals surface area (Å²) in [6, 6.07) is 4.19. The Balaban J connectivity index is 1.87. The molecule has 8 nitrogen and oxygen atoms in total. The molecule has 0 radical (unpaired) electrons. The molecule has 1 aromatic carbocycles. The number of carbonyl (C=O) groups excluding carboxylic acids is 1. The molecule has 1 aromatic rings. The summed E-state index contributed by atoms with van der Waals surface area (Å²) in [5, 5.41) is 9.18. The van der Waals surface area contributed by atoms with E-state index in [9.17, 15) is 23.1 Å². The number of benzene rings is 1. The number of likely N-dealkylation sites (tertiary alicyclic amines) is 1. The second-order valence-electron chi connectivity index (χ2n) is 6.69. The van der Waals surface area contributed by atoms with Gasteiger partial charge in [-0.15, -0.1) is 0 Å². The van der Waals surface area contributed by atoms with Crippen molar-refractivity contribution in [3.63, 3.8) is 0 Å². The van der Waals surface area contributed by atoms with E-state index in [1.54, 1.807) is 0 Å². The normalized spacial score (nSPS) is 20.7. The van der Waals surface area contributed by atoms with E-state index in [-0.39, 0.29) is 34.7 Å². The van der Waals surface area contributed by atoms with Gasteiger partial charge in [-0.2, -0.15) is 0 Å². The highest BCUT2D eigenvalue weighted by atomic mass is 32.2. The van der Waals surface area contributed by atoms with Crippen LogP contribution in [0.25, 0.3) is 0 Å². The maximum absolute atomic E-state index is 12.8. The third kappa shape index (κ3) is 3.99. The van der Waals surface area contributed by atoms with Crippen molar-refractivity contribution in [2.45, 2.75) is 36.6 Å². The Hall–Kier alpha value is -2.13. The van der Waals surface area contributed by atoms with Gasteiger partial charge in [-0.3, -0.25) is 9.59 Å². The Morgan fingerprint density at radius 1 is 1.27 bits per heavy atom. The van der Waals surface area contributed by atoms with E-state index in [2.05, 4.69) is 4.72 Å². The Morgan fingerprint density at radius 2 is 2.00 bits per heavy atom. The Morgan fingerprint density at radius 3 is 2.62 bits per heavy atom. The number of ether oxygens (including phenoxy) is 1. The summed E-state index contributed by atoms with van der Waals surface area (Å²) in [4.78, 5) is 25.3. The molecule has 1 unspecified atom stereocenters. The molecule has 2 fully saturated rings. The fourth-order valence-electron chi connectivity index (χ4n) is 3.05. The zero-order chi connectivity index (χ0) is 18.9. The summed E-state index contributed by atoms with van der Waals surface area (Å²) in [6.07, 6.45) is 2.73. The number of hydrogen-bond acceptors (Lipinski definition) is 5. The standard InChI is InChI=1S/C17H22N2O6S/c1-25-14-7-4-11(9-15(14)26(23,24)18-13-5-6-13)16(20)19-8-2-3-12(10-19)17(21)22/h4,7,9,12-13,18H,2-3,5-6,8,10H2,1H3,(H,21,22). The first-order valence-corrected chi connectivity index (χ1v) is 10.0. The first-order valence-electron chi connectivity index (χ1n) is 8.54. The van der Waals surface area contributed by atoms with Gasteiger partial charge in [0.1, 0.15) is 10.6 Å². The minimum Gasteiger partial charge on any atom is -0.495 e. The van der Waals surface area contributed by atoms with Gasteiger partial charge in [0.25, 0.3) is 5.91 Å². The lowest BCUT2D eigenvalue weighted by Crippen LogP contribution is -2.42. The highest BCUT2D eigenvalue weighted by Crippen LogP contribution is 2.29. The molecule has 3 rings (SSSR count). The summed E-state index contributed by atoms with van der Waals surface area (Å²) < 4.78 is 32.8. The lowest BCUT2D eigenvalue weighted by Gasteiger charge is -2.30. The van der Waals surface area contributed by atoms with Gasteiger partial charge in [0, 0.05) is 24.7 Å². The third-order valence-corrected chi connectivity index (χ3v) is 6.20. The maximum Gasteiger partial charge on any atom is 0.308 e. The second-order valence-corrected chi connectivity index (χ2v) is 8.37. The summed E-state index contributed by atoms with van der Waals surface area (Å²) in [7, 11) is -2.42. The predicted molar refractivity (Wildman–Crippen MR) is 92.6 cm³/mol. The van der Waals surface area contributed by atoms with E-state index in [4.69, 9.17) is 4.74 Å². The molecule has 142 valence electrons. The van der Waals surface area contributed by atoms with Gasteiger partial charge >= 0.3 is 5.97 Å². The summed E-state index contributed by atoms with van der Waals surface area (Å²) >= 11 is 0. The molecular weight excluding hydrogens is 360 g/mol. The first-order chi connectivity index (χ1) is 12.3. The lowest BCUT2D eigenvalue weighted by molar-refractivity contribution is -0.143. The van der Waals surface area contributed by atoms with E-state index in [0.29, 0.717) is 19.4 Å². The van der Waals surface area contributed by atoms with Crippen LogP contribution in [0.4, 0.5) is 0 Å². The van der Waals surface area contributed by atoms with Crippen molar-refractivity contribution in [1.29, 1.82) is 0 Å². The number of amides is 1. The van der Waals surface area contributed by atoms with Crippen molar-refractivity contribution in [3.8, 4) is 5.75 Å². The smallest absolute Gasteiger partial charge is 0.308 e. The second kappa shape index (κ2) is 7.24. The summed E-state index contributed by atoms with van der Waals surface area (Å²) in [6.45, 7) is 0.583. The average molecular weight is 382 g/mol. The van der Waals surface area contributed by atoms with Crippen LogP contribution in [0, 0.1) is 5.92 Å². The van der Waals surface area contributed by atoms with Crippen LogP contribution in [0.1, 0.15) is 36.0 Å². The number of carboxylic acid groups (broad SMARTS) is 1. The quantitative estimate of drug-likeness (QED) is 0.761. The largest absolute Gasteiger partial charge is 0.495 e. The van der Waals surface area contributed by atoms with E-state index >= 15 is 0 Å². The third-order valence-electron chi connectivity index (χ3n) is 4.66. The molecular formula is C17H22N2O6S. The van der Waals surface area contributed by atoms with Crippen molar-refractivity contribution in [3.05, 3.63) is 23.8 Å². The highest BCUT2D eigenvalue weighted by Gasteiger charge is 2.32. The van der Waals surface area contributed by atoms with Crippen LogP contribution in [0.3, 0.4) is 0 Å². The van der Waals surface area contributed by atoms with E-state index in [1.165, 1.54) is 30.2 Å². The number of sulfonamides is 1. The molecule has 2 N–H and O–H groups in total. The fraction of sp³-hybridized carbons (Fsp3) is 0.529. The number of methoxy groups -OCH3 is 1. The number of nitrogens with zero attached hydrogens (tertiary/aromatic N) is 1. The summed E-state index contributed by atoms with van der Waals surface area (Å²) in [5.41, 5.74) is 0.202. The Bertz CT molecular complexity index is 819. The summed E-state index contributed by atoms with van der Waals surface area (Å²) in [5.74, 6) is -1.72. The van der Waals surface area contributed by atoms with Crippen molar-refractivity contribution in [2.24, 2.45) is 5.92 Å². The monoisotopic (exact) mass is 382 g/mol. The topological polar surface area (TPSA) is 113 Å². The van der Waals surface area contributed by atoms with Gasteiger partial charge in [0.05, 0.1) is 13.0 Å². The zero-order valence-electron chi connectivity index (χ0n) is 14.5. The van der Waals surface area contributed by atoms with Crippen LogP contribution in [-0.2, 0) is 14.8 Å². The molecule has 0 bridgehead atoms. The number of nitrogens with one attached hydrogen (secondary N) is 1. The zero-order valence-corrected chi connectivity index (χ0v) is 15.3. The van der Waals surface area contributed by atoms with Crippen LogP contribution in [0.15, 0.2) is 23.1 Å². The van der Waals surface area contributed by atoms with Crippen LogP contribution in [-0.4, -0.2) is 56.5 Å². The van der Waals surface area contributed by atoms with Gasteiger partial charge in [-0.25, -0.2) is 13.1 Å². The Labute approximate surface area is 152 Å². The molecule has 1 aliphatic carbocycles. The molecule has 2 aliphatic rings. The molecule has 1 saturated carbocycles. The minimum atomic E-state index is -3.79. The van der Waals surface area contributed by atoms with Crippen LogP contribution < -0.4 is 9.46 Å². The molecule has 1 amide bonds. The fourth-order valence-corrected chi connectivity index (χ4v) is 4.55. The molecule has 1 atom stereocenters. The van der Waals surface area contributed by atoms with Gasteiger partial charge < -0.3 is 14.7 Å². The highest BCUT2D eigenvalue weighted by molar-refractivity contribution is 7.89. The molecule has 0 aromatic heterocycles. The number of piperidine rings is 1. The van der Waals surface area contributed by atoms with Gasteiger partial charge in [-0.1, -0.05) is 0 Å². The van der Waals surface area contributed by atoms with Crippen LogP contribution >= 0.6 is 0 Å². The number of hydrogen-bond donors (Lipinski definition) is 2. The molecule has 0 spiro atoms. The molecule has 1 aliphatic heterocycles. The number of rotatable bonds is 6. The number of carbonyl (C=O) groups is 2. The first kappa shape index (κ1) is 18.7. The number of aliphatic carboxylic acids is 1. The minimum absolute atomic E-state index is 0.0671. The van der Waals surface area contributed by atoms with E-state index in [0.717, 1.165) is 12.8 Å². The molecule has 9 heteroatoms. The molecule has 1 saturated heterocycles. The van der Waals surface area contributed by atoms with Gasteiger partial charge in [-0.05, 0) is 43.9 Å². The van der Waals surface area contributed by atoms with E-state index < -0.39 is 21.9 Å². The number of carboxylic acids is 1. The average Bonchev–Trinajstić information content (AvgIpc) is 3.44. The van der Waals surface area contributed by atoms with Crippen LogP contribution in [0.2, 0.25) is 0 Å². The van der Waals surface area contributed by atoms with Crippen molar-refractivity contribution >= 4 is 21.9 Å². The van der Waals surface area contributed by atoms with Gasteiger partial charge in [0.2, 0.25) is 10.0 Å². The van der Waals surface area contributed by atoms with Crippen LogP contribution in [0.5, 0.6) is 5.75 Å². The van der Waals surface area contributed by atoms with Crippen molar-refractivity contribution < 1.29 is 27.9 Å².